The van der Waals surface area contributed by atoms with Crippen LogP contribution in [0.5, 0.6) is 0 Å². The van der Waals surface area contributed by atoms with Crippen LogP contribution >= 0.6 is 11.8 Å². The number of aromatic nitrogens is 1. The highest BCUT2D eigenvalue weighted by Gasteiger charge is 2.14. The molecule has 1 aromatic heterocycles. The van der Waals surface area contributed by atoms with Gasteiger partial charge in [0, 0.05) is 11.9 Å². The number of thioether (sulfide) groups is 1. The van der Waals surface area contributed by atoms with Gasteiger partial charge in [-0.15, -0.1) is 11.8 Å². The Hall–Kier alpha value is -1.81. The molecule has 0 radical (unpaired) electrons. The number of para-hydroxylation sites is 1. The molecule has 0 aliphatic heterocycles. The van der Waals surface area contributed by atoms with Crippen molar-refractivity contribution in [3.05, 3.63) is 53.2 Å². The third kappa shape index (κ3) is 3.02. The Kier molecular flexibility index (Phi) is 4.79. The summed E-state index contributed by atoms with van der Waals surface area (Å²) in [5, 5.41) is 3.78. The van der Waals surface area contributed by atoms with Gasteiger partial charge in [0.1, 0.15) is 5.03 Å². The summed E-state index contributed by atoms with van der Waals surface area (Å²) < 4.78 is 0. The minimum Gasteiger partial charge on any atom is -0.321 e. The Morgan fingerprint density at radius 2 is 2.10 bits per heavy atom. The Balaban J connectivity index is 2.33. The van der Waals surface area contributed by atoms with Gasteiger partial charge in [-0.05, 0) is 42.9 Å². The van der Waals surface area contributed by atoms with E-state index in [2.05, 4.69) is 17.2 Å². The van der Waals surface area contributed by atoms with Crippen molar-refractivity contribution >= 4 is 23.4 Å². The molecule has 1 N–H and O–H groups in total. The number of nitrogens with zero attached hydrogens (tertiary/aromatic N) is 1. The Morgan fingerprint density at radius 3 is 2.80 bits per heavy atom. The molecule has 1 aromatic carbocycles. The van der Waals surface area contributed by atoms with Gasteiger partial charge in [-0.25, -0.2) is 4.98 Å². The first-order valence-corrected chi connectivity index (χ1v) is 7.78. The molecular formula is C16H18N2OS. The van der Waals surface area contributed by atoms with Crippen LogP contribution in [0.3, 0.4) is 0 Å². The quantitative estimate of drug-likeness (QED) is 0.866. The number of rotatable bonds is 4. The number of pyridine rings is 1. The molecule has 0 fully saturated rings. The van der Waals surface area contributed by atoms with Crippen LogP contribution in [-0.4, -0.2) is 17.1 Å². The standard InChI is InChI=1S/C16H18N2OS/c1-4-12-8-5-7-11(2)14(12)18-15(19)13-9-6-10-17-16(13)20-3/h5-10H,4H2,1-3H3,(H,18,19). The second-order valence-corrected chi connectivity index (χ2v) is 5.27. The number of anilines is 1. The molecular weight excluding hydrogens is 268 g/mol. The van der Waals surface area contributed by atoms with E-state index in [1.165, 1.54) is 11.8 Å². The lowest BCUT2D eigenvalue weighted by atomic mass is 10.1. The molecule has 0 bridgehead atoms. The number of nitrogens with one attached hydrogen (secondary N) is 1. The lowest BCUT2D eigenvalue weighted by molar-refractivity contribution is 0.102. The highest BCUT2D eigenvalue weighted by atomic mass is 32.2. The van der Waals surface area contributed by atoms with E-state index >= 15 is 0 Å². The molecule has 0 saturated carbocycles. The van der Waals surface area contributed by atoms with E-state index in [1.807, 2.05) is 31.4 Å². The average Bonchev–Trinajstić information content (AvgIpc) is 2.49. The van der Waals surface area contributed by atoms with Crippen molar-refractivity contribution in [1.29, 1.82) is 0 Å². The molecule has 0 unspecified atom stereocenters. The van der Waals surface area contributed by atoms with E-state index in [0.29, 0.717) is 5.56 Å². The number of aryl methyl sites for hydroxylation is 2. The molecule has 2 rings (SSSR count). The molecule has 0 aliphatic rings. The summed E-state index contributed by atoms with van der Waals surface area (Å²) in [5.41, 5.74) is 3.75. The van der Waals surface area contributed by atoms with Gasteiger partial charge in [0.15, 0.2) is 0 Å². The van der Waals surface area contributed by atoms with Gasteiger partial charge < -0.3 is 5.32 Å². The molecule has 0 spiro atoms. The molecule has 0 aliphatic carbocycles. The van der Waals surface area contributed by atoms with E-state index in [0.717, 1.165) is 28.3 Å². The fourth-order valence-electron chi connectivity index (χ4n) is 2.11. The summed E-state index contributed by atoms with van der Waals surface area (Å²) in [7, 11) is 0. The monoisotopic (exact) mass is 286 g/mol. The molecule has 0 saturated heterocycles. The zero-order valence-electron chi connectivity index (χ0n) is 11.9. The van der Waals surface area contributed by atoms with Gasteiger partial charge in [0.05, 0.1) is 5.56 Å². The summed E-state index contributed by atoms with van der Waals surface area (Å²) in [6, 6.07) is 9.65. The van der Waals surface area contributed by atoms with Crippen LogP contribution in [0.2, 0.25) is 0 Å². The number of hydrogen-bond acceptors (Lipinski definition) is 3. The minimum atomic E-state index is -0.105. The minimum absolute atomic E-state index is 0.105. The highest BCUT2D eigenvalue weighted by Crippen LogP contribution is 2.23. The van der Waals surface area contributed by atoms with Crippen LogP contribution in [0.1, 0.15) is 28.4 Å². The Labute approximate surface area is 123 Å². The fourth-order valence-corrected chi connectivity index (χ4v) is 2.66. The largest absolute Gasteiger partial charge is 0.321 e. The second kappa shape index (κ2) is 6.57. The van der Waals surface area contributed by atoms with Crippen molar-refractivity contribution in [3.8, 4) is 0 Å². The van der Waals surface area contributed by atoms with Crippen LogP contribution in [0.4, 0.5) is 5.69 Å². The summed E-state index contributed by atoms with van der Waals surface area (Å²) in [5.74, 6) is -0.105. The van der Waals surface area contributed by atoms with Gasteiger partial charge in [-0.2, -0.15) is 0 Å². The molecule has 2 aromatic rings. The maximum absolute atomic E-state index is 12.4. The summed E-state index contributed by atoms with van der Waals surface area (Å²) in [4.78, 5) is 16.7. The Morgan fingerprint density at radius 1 is 1.30 bits per heavy atom. The van der Waals surface area contributed by atoms with E-state index < -0.39 is 0 Å². The summed E-state index contributed by atoms with van der Waals surface area (Å²) in [6.07, 6.45) is 4.51. The predicted molar refractivity (Wildman–Crippen MR) is 84.5 cm³/mol. The lowest BCUT2D eigenvalue weighted by Crippen LogP contribution is -2.15. The number of hydrogen-bond donors (Lipinski definition) is 1. The maximum Gasteiger partial charge on any atom is 0.258 e. The van der Waals surface area contributed by atoms with Crippen LogP contribution in [0.15, 0.2) is 41.6 Å². The van der Waals surface area contributed by atoms with Crippen LogP contribution in [-0.2, 0) is 6.42 Å². The van der Waals surface area contributed by atoms with Crippen LogP contribution in [0.25, 0.3) is 0 Å². The zero-order valence-corrected chi connectivity index (χ0v) is 12.8. The third-order valence-corrected chi connectivity index (χ3v) is 3.90. The van der Waals surface area contributed by atoms with Gasteiger partial charge >= 0.3 is 0 Å². The van der Waals surface area contributed by atoms with Gasteiger partial charge in [0.25, 0.3) is 5.91 Å². The normalized spacial score (nSPS) is 10.3. The van der Waals surface area contributed by atoms with E-state index in [4.69, 9.17) is 0 Å². The third-order valence-electron chi connectivity index (χ3n) is 3.19. The molecule has 1 heterocycles. The number of amides is 1. The SMILES string of the molecule is CCc1cccc(C)c1NC(=O)c1cccnc1SC. The second-order valence-electron chi connectivity index (χ2n) is 4.48. The first-order valence-electron chi connectivity index (χ1n) is 6.56. The molecule has 0 atom stereocenters. The smallest absolute Gasteiger partial charge is 0.258 e. The number of benzene rings is 1. The average molecular weight is 286 g/mol. The first-order chi connectivity index (χ1) is 9.67. The van der Waals surface area contributed by atoms with Crippen molar-refractivity contribution in [3.63, 3.8) is 0 Å². The van der Waals surface area contributed by atoms with Crippen molar-refractivity contribution in [2.45, 2.75) is 25.3 Å². The van der Waals surface area contributed by atoms with Crippen molar-refractivity contribution in [1.82, 2.24) is 4.98 Å². The number of carbonyl (C=O) groups excluding carboxylic acids is 1. The molecule has 3 nitrogen and oxygen atoms in total. The zero-order chi connectivity index (χ0) is 14.5. The lowest BCUT2D eigenvalue weighted by Gasteiger charge is -2.13. The van der Waals surface area contributed by atoms with E-state index in [1.54, 1.807) is 18.3 Å². The number of carbonyl (C=O) groups is 1. The fraction of sp³-hybridized carbons (Fsp3) is 0.250. The predicted octanol–water partition coefficient (Wildman–Crippen LogP) is 3.93. The van der Waals surface area contributed by atoms with Gasteiger partial charge in [-0.1, -0.05) is 25.1 Å². The van der Waals surface area contributed by atoms with Crippen molar-refractivity contribution < 1.29 is 4.79 Å². The summed E-state index contributed by atoms with van der Waals surface area (Å²) in [6.45, 7) is 4.09. The van der Waals surface area contributed by atoms with E-state index in [9.17, 15) is 4.79 Å². The molecule has 104 valence electrons. The summed E-state index contributed by atoms with van der Waals surface area (Å²) >= 11 is 1.48. The van der Waals surface area contributed by atoms with Crippen LogP contribution < -0.4 is 5.32 Å². The highest BCUT2D eigenvalue weighted by molar-refractivity contribution is 7.98. The van der Waals surface area contributed by atoms with Crippen molar-refractivity contribution in [2.75, 3.05) is 11.6 Å². The molecule has 4 heteroatoms. The van der Waals surface area contributed by atoms with Gasteiger partial charge in [-0.3, -0.25) is 4.79 Å². The van der Waals surface area contributed by atoms with Crippen LogP contribution in [0, 0.1) is 6.92 Å². The topological polar surface area (TPSA) is 42.0 Å². The Bertz CT molecular complexity index is 626. The van der Waals surface area contributed by atoms with E-state index in [-0.39, 0.29) is 5.91 Å². The molecule has 1 amide bonds. The maximum atomic E-state index is 12.4. The van der Waals surface area contributed by atoms with Gasteiger partial charge in [0.2, 0.25) is 0 Å². The molecule has 20 heavy (non-hydrogen) atoms. The first kappa shape index (κ1) is 14.6. The van der Waals surface area contributed by atoms with Crippen molar-refractivity contribution in [2.24, 2.45) is 0 Å².